The molecule has 0 heterocycles. The number of unbranched alkanes of at least 4 members (excludes halogenated alkanes) is 58. The van der Waals surface area contributed by atoms with Crippen LogP contribution in [0.3, 0.4) is 0 Å². The molecule has 6 nitrogen and oxygen atoms in total. The molecule has 1 unspecified atom stereocenters. The fourth-order valence-corrected chi connectivity index (χ4v) is 11.9. The Balaban J connectivity index is 4.11. The quantitative estimate of drug-likeness (QED) is 0.0261. The van der Waals surface area contributed by atoms with E-state index in [4.69, 9.17) is 14.2 Å². The molecule has 0 N–H and O–H groups in total. The molecule has 0 aliphatic heterocycles. The third-order valence-corrected chi connectivity index (χ3v) is 17.5. The van der Waals surface area contributed by atoms with Crippen LogP contribution in [0, 0.1) is 0 Å². The monoisotopic (exact) mass is 1160 g/mol. The van der Waals surface area contributed by atoms with E-state index in [0.717, 1.165) is 64.2 Å². The second-order valence-corrected chi connectivity index (χ2v) is 25.9. The molecule has 1 atom stereocenters. The fourth-order valence-electron chi connectivity index (χ4n) is 11.9. The maximum absolute atomic E-state index is 12.9. The Labute approximate surface area is 513 Å². The summed E-state index contributed by atoms with van der Waals surface area (Å²) in [6, 6.07) is 0. The lowest BCUT2D eigenvalue weighted by Crippen LogP contribution is -2.30. The first-order chi connectivity index (χ1) is 40.5. The summed E-state index contributed by atoms with van der Waals surface area (Å²) < 4.78 is 17.0. The lowest BCUT2D eigenvalue weighted by atomic mass is 10.0. The molecule has 0 fully saturated rings. The maximum Gasteiger partial charge on any atom is 0.306 e. The molecule has 0 aliphatic rings. The van der Waals surface area contributed by atoms with Gasteiger partial charge in [0, 0.05) is 19.3 Å². The lowest BCUT2D eigenvalue weighted by Gasteiger charge is -2.18. The first kappa shape index (κ1) is 80.2. The van der Waals surface area contributed by atoms with Gasteiger partial charge in [0.1, 0.15) is 13.2 Å². The summed E-state index contributed by atoms with van der Waals surface area (Å²) >= 11 is 0. The number of rotatable bonds is 71. The Hall–Kier alpha value is -1.85. The summed E-state index contributed by atoms with van der Waals surface area (Å²) in [5, 5.41) is 0. The van der Waals surface area contributed by atoms with Crippen molar-refractivity contribution in [1.29, 1.82) is 0 Å². The van der Waals surface area contributed by atoms with E-state index in [1.807, 2.05) is 0 Å². The second kappa shape index (κ2) is 71.6. The van der Waals surface area contributed by atoms with Gasteiger partial charge in [0.15, 0.2) is 6.10 Å². The van der Waals surface area contributed by atoms with Crippen LogP contribution in [0.5, 0.6) is 0 Å². The van der Waals surface area contributed by atoms with Gasteiger partial charge in [-0.3, -0.25) is 14.4 Å². The van der Waals surface area contributed by atoms with Crippen LogP contribution in [0.15, 0.2) is 12.2 Å². The summed E-state index contributed by atoms with van der Waals surface area (Å²) in [4.78, 5) is 38.4. The van der Waals surface area contributed by atoms with Gasteiger partial charge in [-0.15, -0.1) is 0 Å². The number of carbonyl (C=O) groups excluding carboxylic acids is 3. The molecule has 0 aromatic heterocycles. The minimum absolute atomic E-state index is 0.0656. The van der Waals surface area contributed by atoms with Crippen LogP contribution in [0.4, 0.5) is 0 Å². The molecule has 0 aromatic rings. The number of allylic oxidation sites excluding steroid dienone is 2. The van der Waals surface area contributed by atoms with Gasteiger partial charge in [-0.2, -0.15) is 0 Å². The average Bonchev–Trinajstić information content (AvgIpc) is 3.48. The third-order valence-electron chi connectivity index (χ3n) is 17.5. The van der Waals surface area contributed by atoms with Gasteiger partial charge < -0.3 is 14.2 Å². The van der Waals surface area contributed by atoms with E-state index in [1.165, 1.54) is 334 Å². The van der Waals surface area contributed by atoms with Crippen molar-refractivity contribution in [2.24, 2.45) is 0 Å². The van der Waals surface area contributed by atoms with Crippen molar-refractivity contribution in [2.75, 3.05) is 13.2 Å². The summed E-state index contributed by atoms with van der Waals surface area (Å²) in [5.74, 6) is -0.838. The van der Waals surface area contributed by atoms with E-state index in [2.05, 4.69) is 32.9 Å². The van der Waals surface area contributed by atoms with Gasteiger partial charge >= 0.3 is 17.9 Å². The number of esters is 3. The van der Waals surface area contributed by atoms with Crippen molar-refractivity contribution in [1.82, 2.24) is 0 Å². The van der Waals surface area contributed by atoms with Crippen LogP contribution in [-0.4, -0.2) is 37.2 Å². The van der Waals surface area contributed by atoms with Crippen LogP contribution < -0.4 is 0 Å². The predicted molar refractivity (Wildman–Crippen MR) is 358 cm³/mol. The van der Waals surface area contributed by atoms with Crippen molar-refractivity contribution >= 4 is 17.9 Å². The number of carbonyl (C=O) groups is 3. The smallest absolute Gasteiger partial charge is 0.306 e. The van der Waals surface area contributed by atoms with Gasteiger partial charge in [-0.1, -0.05) is 386 Å². The zero-order chi connectivity index (χ0) is 59.2. The summed E-state index contributed by atoms with van der Waals surface area (Å²) in [7, 11) is 0. The lowest BCUT2D eigenvalue weighted by molar-refractivity contribution is -0.167. The second-order valence-electron chi connectivity index (χ2n) is 25.9. The zero-order valence-electron chi connectivity index (χ0n) is 56.1. The standard InChI is InChI=1S/C76H146O6/c1-4-7-10-13-16-19-22-25-28-30-32-33-34-35-36-37-38-39-40-41-42-43-44-45-47-48-51-54-57-60-63-66-69-75(78)81-72-73(71-80-74(77)68-65-62-59-56-53-50-27-24-21-18-15-12-9-6-3)82-76(79)70-67-64-61-58-55-52-49-46-31-29-26-23-20-17-14-11-8-5-2/h24,27,73H,4-23,25-26,28-72H2,1-3H3/b27-24-. The Morgan fingerprint density at radius 3 is 0.610 bits per heavy atom. The summed E-state index contributed by atoms with van der Waals surface area (Å²) in [6.07, 6.45) is 87.0. The first-order valence-electron chi connectivity index (χ1n) is 37.7. The van der Waals surface area contributed by atoms with Gasteiger partial charge in [0.25, 0.3) is 0 Å². The SMILES string of the molecule is CCCCCCC/C=C\CCCCCCCC(=O)OCC(COC(=O)CCCCCCCCCCCCCCCCCCCCCCCCCCCCCCCCCC)OC(=O)CCCCCCCCCCCCCCCCCCCC. The van der Waals surface area contributed by atoms with E-state index in [9.17, 15) is 14.4 Å². The van der Waals surface area contributed by atoms with Crippen LogP contribution in [-0.2, 0) is 28.6 Å². The fraction of sp³-hybridized carbons (Fsp3) is 0.934. The van der Waals surface area contributed by atoms with E-state index < -0.39 is 6.10 Å². The van der Waals surface area contributed by atoms with Crippen molar-refractivity contribution in [3.05, 3.63) is 12.2 Å². The molecule has 6 heteroatoms. The summed E-state index contributed by atoms with van der Waals surface area (Å²) in [6.45, 7) is 6.72. The van der Waals surface area contributed by atoms with E-state index >= 15 is 0 Å². The van der Waals surface area contributed by atoms with Crippen molar-refractivity contribution in [3.63, 3.8) is 0 Å². The highest BCUT2D eigenvalue weighted by molar-refractivity contribution is 5.71. The zero-order valence-corrected chi connectivity index (χ0v) is 56.1. The molecule has 0 aliphatic carbocycles. The van der Waals surface area contributed by atoms with E-state index in [1.54, 1.807) is 0 Å². The molecule has 486 valence electrons. The van der Waals surface area contributed by atoms with Crippen molar-refractivity contribution in [2.45, 2.75) is 444 Å². The number of ether oxygens (including phenoxy) is 3. The minimum Gasteiger partial charge on any atom is -0.462 e. The molecule has 0 rings (SSSR count). The molecular weight excluding hydrogens is 1010 g/mol. The van der Waals surface area contributed by atoms with Crippen LogP contribution >= 0.6 is 0 Å². The Morgan fingerprint density at radius 2 is 0.402 bits per heavy atom. The van der Waals surface area contributed by atoms with Gasteiger partial charge in [-0.25, -0.2) is 0 Å². The molecule has 0 amide bonds. The predicted octanol–water partition coefficient (Wildman–Crippen LogP) is 26.0. The van der Waals surface area contributed by atoms with Gasteiger partial charge in [-0.05, 0) is 44.9 Å². The highest BCUT2D eigenvalue weighted by Crippen LogP contribution is 2.20. The van der Waals surface area contributed by atoms with Crippen molar-refractivity contribution in [3.8, 4) is 0 Å². The van der Waals surface area contributed by atoms with Gasteiger partial charge in [0.2, 0.25) is 0 Å². The summed E-state index contributed by atoms with van der Waals surface area (Å²) in [5.41, 5.74) is 0. The molecule has 0 aromatic carbocycles. The number of hydrogen-bond donors (Lipinski definition) is 0. The largest absolute Gasteiger partial charge is 0.462 e. The molecule has 0 saturated heterocycles. The normalized spacial score (nSPS) is 12.0. The molecule has 0 radical (unpaired) electrons. The average molecular weight is 1160 g/mol. The van der Waals surface area contributed by atoms with Gasteiger partial charge in [0.05, 0.1) is 0 Å². The molecule has 82 heavy (non-hydrogen) atoms. The third kappa shape index (κ3) is 68.9. The Morgan fingerprint density at radius 1 is 0.232 bits per heavy atom. The molecular formula is C76H146O6. The van der Waals surface area contributed by atoms with Crippen molar-refractivity contribution < 1.29 is 28.6 Å². The van der Waals surface area contributed by atoms with E-state index in [0.29, 0.717) is 19.3 Å². The highest BCUT2D eigenvalue weighted by Gasteiger charge is 2.20. The maximum atomic E-state index is 12.9. The molecule has 0 bridgehead atoms. The number of hydrogen-bond acceptors (Lipinski definition) is 6. The van der Waals surface area contributed by atoms with Crippen LogP contribution in [0.1, 0.15) is 438 Å². The Kier molecular flexibility index (Phi) is 70.0. The highest BCUT2D eigenvalue weighted by atomic mass is 16.6. The van der Waals surface area contributed by atoms with Crippen LogP contribution in [0.25, 0.3) is 0 Å². The Bertz CT molecular complexity index is 1280. The molecule has 0 spiro atoms. The van der Waals surface area contributed by atoms with Crippen LogP contribution in [0.2, 0.25) is 0 Å². The van der Waals surface area contributed by atoms with E-state index in [-0.39, 0.29) is 31.1 Å². The first-order valence-corrected chi connectivity index (χ1v) is 37.7. The minimum atomic E-state index is -0.770. The topological polar surface area (TPSA) is 78.9 Å². The molecule has 0 saturated carbocycles.